The zero-order chi connectivity index (χ0) is 33.9. The van der Waals surface area contributed by atoms with Crippen molar-refractivity contribution in [2.75, 3.05) is 18.9 Å². The van der Waals surface area contributed by atoms with Crippen LogP contribution in [-0.2, 0) is 9.53 Å². The molecule has 2 aliphatic rings. The number of hydrogen-bond donors (Lipinski definition) is 2. The summed E-state index contributed by atoms with van der Waals surface area (Å²) in [6.45, 7) is 2.06. The monoisotopic (exact) mass is 659 g/mol. The van der Waals surface area contributed by atoms with E-state index in [4.69, 9.17) is 15.2 Å². The summed E-state index contributed by atoms with van der Waals surface area (Å²) in [5, 5.41) is 3.23. The summed E-state index contributed by atoms with van der Waals surface area (Å²) in [7, 11) is 0. The number of pyridine rings is 1. The van der Waals surface area contributed by atoms with Gasteiger partial charge in [-0.2, -0.15) is 0 Å². The number of halogens is 3. The zero-order valence-electron chi connectivity index (χ0n) is 26.4. The lowest BCUT2D eigenvalue weighted by Gasteiger charge is -2.25. The number of carbonyl (C=O) groups excluding carboxylic acids is 2. The number of fused-ring (bicyclic) bond motifs is 2. The molecule has 4 aromatic rings. The number of hydrogen-bond acceptors (Lipinski definition) is 7. The molecular formula is C37H36F3N3O5. The minimum atomic E-state index is -1.16. The first kappa shape index (κ1) is 33.0. The fraction of sp³-hybridized carbons (Fsp3) is 0.324. The highest BCUT2D eigenvalue weighted by Crippen LogP contribution is 2.46. The molecule has 1 aromatic heterocycles. The predicted octanol–water partition coefficient (Wildman–Crippen LogP) is 6.21. The number of nitrogens with one attached hydrogen (secondary N) is 1. The Kier molecular flexibility index (Phi) is 9.68. The van der Waals surface area contributed by atoms with Crippen LogP contribution in [-0.4, -0.2) is 35.6 Å². The molecule has 11 heteroatoms. The van der Waals surface area contributed by atoms with Gasteiger partial charge >= 0.3 is 5.97 Å². The molecule has 0 aliphatic heterocycles. The van der Waals surface area contributed by atoms with Crippen molar-refractivity contribution in [2.24, 2.45) is 11.8 Å². The SMILES string of the molecule is Cc1ccc(C(=O)c2ccc(=O)n(-c3c(F)cc(OCCCN[C@@H](C(=O)OC4CC5CCC4C5)c4ccccc4)cc3F)c2N)c(F)c1. The van der Waals surface area contributed by atoms with Gasteiger partial charge in [-0.25, -0.2) is 18.0 Å². The molecule has 3 N–H and O–H groups in total. The Hall–Kier alpha value is -4.90. The summed E-state index contributed by atoms with van der Waals surface area (Å²) >= 11 is 0. The van der Waals surface area contributed by atoms with Crippen LogP contribution in [0.4, 0.5) is 19.0 Å². The summed E-state index contributed by atoms with van der Waals surface area (Å²) in [5.74, 6) is -3.89. The maximum Gasteiger partial charge on any atom is 0.328 e. The number of ether oxygens (including phenoxy) is 2. The van der Waals surface area contributed by atoms with E-state index in [1.165, 1.54) is 24.6 Å². The van der Waals surface area contributed by atoms with Gasteiger partial charge in [-0.15, -0.1) is 0 Å². The molecule has 1 heterocycles. The van der Waals surface area contributed by atoms with Crippen molar-refractivity contribution >= 4 is 17.6 Å². The van der Waals surface area contributed by atoms with E-state index in [-0.39, 0.29) is 35.6 Å². The number of esters is 1. The third-order valence-electron chi connectivity index (χ3n) is 9.21. The first-order valence-electron chi connectivity index (χ1n) is 16.0. The fourth-order valence-electron chi connectivity index (χ4n) is 6.80. The Bertz CT molecular complexity index is 1870. The molecular weight excluding hydrogens is 623 g/mol. The second-order valence-corrected chi connectivity index (χ2v) is 12.5. The molecule has 4 atom stereocenters. The van der Waals surface area contributed by atoms with Crippen LogP contribution in [0.3, 0.4) is 0 Å². The second-order valence-electron chi connectivity index (χ2n) is 12.5. The average molecular weight is 660 g/mol. The number of nitrogen functional groups attached to an aromatic ring is 1. The summed E-state index contributed by atoms with van der Waals surface area (Å²) in [6, 6.07) is 16.4. The van der Waals surface area contributed by atoms with Gasteiger partial charge in [0.2, 0.25) is 0 Å². The number of carbonyl (C=O) groups is 2. The molecule has 6 rings (SSSR count). The molecule has 0 amide bonds. The largest absolute Gasteiger partial charge is 0.493 e. The van der Waals surface area contributed by atoms with E-state index in [9.17, 15) is 18.8 Å². The Morgan fingerprint density at radius 2 is 1.67 bits per heavy atom. The average Bonchev–Trinajstić information content (AvgIpc) is 3.68. The number of ketones is 1. The lowest BCUT2D eigenvalue weighted by molar-refractivity contribution is -0.154. The Morgan fingerprint density at radius 1 is 0.938 bits per heavy atom. The molecule has 2 aliphatic carbocycles. The number of benzene rings is 3. The molecule has 8 nitrogen and oxygen atoms in total. The minimum absolute atomic E-state index is 0.0503. The maximum absolute atomic E-state index is 15.4. The van der Waals surface area contributed by atoms with Crippen molar-refractivity contribution in [1.82, 2.24) is 9.88 Å². The van der Waals surface area contributed by atoms with Crippen LogP contribution in [0, 0.1) is 36.2 Å². The van der Waals surface area contributed by atoms with Gasteiger partial charge < -0.3 is 20.5 Å². The number of aromatic nitrogens is 1. The molecule has 2 saturated carbocycles. The minimum Gasteiger partial charge on any atom is -0.493 e. The van der Waals surface area contributed by atoms with Gasteiger partial charge in [-0.1, -0.05) is 36.4 Å². The molecule has 0 saturated heterocycles. The van der Waals surface area contributed by atoms with Crippen LogP contribution in [0.15, 0.2) is 77.6 Å². The molecule has 0 radical (unpaired) electrons. The first-order chi connectivity index (χ1) is 23.1. The number of anilines is 1. The third-order valence-corrected chi connectivity index (χ3v) is 9.21. The van der Waals surface area contributed by atoms with Crippen LogP contribution < -0.4 is 21.3 Å². The van der Waals surface area contributed by atoms with Gasteiger partial charge in [0, 0.05) is 18.2 Å². The molecule has 3 unspecified atom stereocenters. The Balaban J connectivity index is 1.11. The van der Waals surface area contributed by atoms with Gasteiger partial charge in [0.25, 0.3) is 5.56 Å². The van der Waals surface area contributed by atoms with E-state index in [0.717, 1.165) is 49.1 Å². The topological polar surface area (TPSA) is 113 Å². The molecule has 0 spiro atoms. The van der Waals surface area contributed by atoms with E-state index in [1.54, 1.807) is 6.92 Å². The molecule has 2 fully saturated rings. The van der Waals surface area contributed by atoms with Gasteiger partial charge in [0.15, 0.2) is 17.4 Å². The summed E-state index contributed by atoms with van der Waals surface area (Å²) in [4.78, 5) is 39.0. The van der Waals surface area contributed by atoms with Gasteiger partial charge in [-0.3, -0.25) is 14.2 Å². The van der Waals surface area contributed by atoms with Crippen molar-refractivity contribution in [3.63, 3.8) is 0 Å². The fourth-order valence-corrected chi connectivity index (χ4v) is 6.80. The normalized spacial score (nSPS) is 18.9. The van der Waals surface area contributed by atoms with E-state index in [2.05, 4.69) is 5.32 Å². The van der Waals surface area contributed by atoms with Crippen molar-refractivity contribution < 1.29 is 32.2 Å². The number of nitrogens with zero attached hydrogens (tertiary/aromatic N) is 1. The summed E-state index contributed by atoms with van der Waals surface area (Å²) in [6.07, 6.45) is 4.67. The van der Waals surface area contributed by atoms with E-state index < -0.39 is 46.3 Å². The molecule has 250 valence electrons. The quantitative estimate of drug-likeness (QED) is 0.106. The number of rotatable bonds is 12. The maximum atomic E-state index is 15.4. The Morgan fingerprint density at radius 3 is 2.33 bits per heavy atom. The van der Waals surface area contributed by atoms with Crippen LogP contribution in [0.25, 0.3) is 5.69 Å². The Labute approximate surface area is 275 Å². The van der Waals surface area contributed by atoms with Crippen LogP contribution in [0.2, 0.25) is 0 Å². The highest BCUT2D eigenvalue weighted by Gasteiger charge is 2.42. The van der Waals surface area contributed by atoms with Gasteiger partial charge in [0.1, 0.15) is 35.2 Å². The predicted molar refractivity (Wildman–Crippen MR) is 174 cm³/mol. The van der Waals surface area contributed by atoms with Crippen molar-refractivity contribution in [3.05, 3.63) is 123 Å². The summed E-state index contributed by atoms with van der Waals surface area (Å²) < 4.78 is 57.3. The van der Waals surface area contributed by atoms with Crippen molar-refractivity contribution in [2.45, 2.75) is 51.2 Å². The summed E-state index contributed by atoms with van der Waals surface area (Å²) in [5.41, 5.74) is 5.16. The molecule has 48 heavy (non-hydrogen) atoms. The lowest BCUT2D eigenvalue weighted by Crippen LogP contribution is -2.35. The van der Waals surface area contributed by atoms with Crippen molar-refractivity contribution in [1.29, 1.82) is 0 Å². The van der Waals surface area contributed by atoms with Crippen LogP contribution in [0.5, 0.6) is 5.75 Å². The highest BCUT2D eigenvalue weighted by atomic mass is 19.1. The van der Waals surface area contributed by atoms with E-state index in [1.807, 2.05) is 30.3 Å². The molecule has 3 aromatic carbocycles. The smallest absolute Gasteiger partial charge is 0.328 e. The van der Waals surface area contributed by atoms with Crippen molar-refractivity contribution in [3.8, 4) is 11.4 Å². The molecule has 2 bridgehead atoms. The van der Waals surface area contributed by atoms with Gasteiger partial charge in [-0.05, 0) is 86.7 Å². The lowest BCUT2D eigenvalue weighted by atomic mass is 9.97. The van der Waals surface area contributed by atoms with Gasteiger partial charge in [0.05, 0.1) is 17.7 Å². The number of aryl methyl sites for hydroxylation is 1. The van der Waals surface area contributed by atoms with Crippen LogP contribution in [0.1, 0.15) is 65.2 Å². The van der Waals surface area contributed by atoms with Crippen LogP contribution >= 0.6 is 0 Å². The standard InChI is InChI=1S/C37H36F3N3O5/c1-21-8-11-26(28(38)16-21)35(45)27-12-13-32(44)43(36(27)41)34-29(39)19-25(20-30(34)40)47-15-5-14-42-33(23-6-3-2-4-7-23)37(46)48-31-18-22-9-10-24(31)17-22/h2-4,6-8,11-13,16,19-20,22,24,31,33,42H,5,9-10,14-15,17-18,41H2,1H3/t22?,24?,31?,33-/m1/s1. The third kappa shape index (κ3) is 6.87. The van der Waals surface area contributed by atoms with E-state index >= 15 is 8.78 Å². The highest BCUT2D eigenvalue weighted by molar-refractivity contribution is 6.12. The number of nitrogens with two attached hydrogens (primary N) is 1. The second kappa shape index (κ2) is 14.1. The first-order valence-corrected chi connectivity index (χ1v) is 16.0. The zero-order valence-corrected chi connectivity index (χ0v) is 26.4. The van der Waals surface area contributed by atoms with E-state index in [0.29, 0.717) is 34.9 Å².